The predicted molar refractivity (Wildman–Crippen MR) is 167 cm³/mol. The summed E-state index contributed by atoms with van der Waals surface area (Å²) < 4.78 is 12.6. The first-order valence-corrected chi connectivity index (χ1v) is 13.6. The second-order valence-electron chi connectivity index (χ2n) is 10.0. The summed E-state index contributed by atoms with van der Waals surface area (Å²) in [6.07, 6.45) is 0. The van der Waals surface area contributed by atoms with E-state index in [1.165, 1.54) is 0 Å². The molecule has 0 aliphatic carbocycles. The van der Waals surface area contributed by atoms with Gasteiger partial charge in [-0.1, -0.05) is 84.9 Å². The lowest BCUT2D eigenvalue weighted by Crippen LogP contribution is -2.11. The number of hydrogen-bond donors (Lipinski definition) is 0. The minimum Gasteiger partial charge on any atom is -0.456 e. The molecule has 0 atom stereocenters. The highest BCUT2D eigenvalue weighted by molar-refractivity contribution is 6.12. The Morgan fingerprint density at radius 3 is 2.05 bits per heavy atom. The van der Waals surface area contributed by atoms with Gasteiger partial charge >= 0.3 is 0 Å². The topological polar surface area (TPSA) is 42.4 Å². The quantitative estimate of drug-likeness (QED) is 0.223. The molecule has 4 heteroatoms. The number of fused-ring (bicyclic) bond motifs is 4. The van der Waals surface area contributed by atoms with Crippen molar-refractivity contribution >= 4 is 50.1 Å². The highest BCUT2D eigenvalue weighted by atomic mass is 16.3. The van der Waals surface area contributed by atoms with Crippen LogP contribution < -0.4 is 4.90 Å². The molecule has 4 nitrogen and oxygen atoms in total. The van der Waals surface area contributed by atoms with Crippen LogP contribution in [0.3, 0.4) is 0 Å². The van der Waals surface area contributed by atoms with E-state index in [9.17, 15) is 0 Å². The van der Waals surface area contributed by atoms with Crippen molar-refractivity contribution in [2.45, 2.75) is 0 Å². The summed E-state index contributed by atoms with van der Waals surface area (Å²) in [4.78, 5) is 7.05. The molecule has 0 amide bonds. The lowest BCUT2D eigenvalue weighted by atomic mass is 10.0. The zero-order valence-corrected chi connectivity index (χ0v) is 22.1. The molecule has 2 aromatic heterocycles. The Morgan fingerprint density at radius 1 is 0.488 bits per heavy atom. The van der Waals surface area contributed by atoms with E-state index in [-0.39, 0.29) is 0 Å². The van der Waals surface area contributed by atoms with Gasteiger partial charge < -0.3 is 13.7 Å². The molecule has 0 aliphatic heterocycles. The third-order valence-corrected chi connectivity index (χ3v) is 7.51. The second kappa shape index (κ2) is 9.54. The van der Waals surface area contributed by atoms with E-state index in [1.807, 2.05) is 54.6 Å². The number of anilines is 3. The summed E-state index contributed by atoms with van der Waals surface area (Å²) in [7, 11) is 0. The monoisotopic (exact) mass is 528 g/mol. The van der Waals surface area contributed by atoms with Crippen LogP contribution in [0.5, 0.6) is 0 Å². The maximum atomic E-state index is 6.47. The van der Waals surface area contributed by atoms with Gasteiger partial charge in [0, 0.05) is 39.3 Å². The standard InChI is InChI=1S/C37H24N2O2/c1-3-12-25(13-4-1)28-16-7-9-19-32(28)39(26-14-5-2-6-15-26)27-22-23-29-35(24-27)40-34-21-11-17-30(36(29)34)37-38-31-18-8-10-20-33(31)41-37/h1-24H. The van der Waals surface area contributed by atoms with E-state index in [2.05, 4.69) is 95.9 Å². The summed E-state index contributed by atoms with van der Waals surface area (Å²) in [5.74, 6) is 0.589. The number of rotatable bonds is 5. The number of furan rings is 1. The normalized spacial score (nSPS) is 11.4. The van der Waals surface area contributed by atoms with Gasteiger partial charge in [-0.15, -0.1) is 0 Å². The Balaban J connectivity index is 1.32. The molecule has 194 valence electrons. The summed E-state index contributed by atoms with van der Waals surface area (Å²) >= 11 is 0. The van der Waals surface area contributed by atoms with Crippen LogP contribution in [0.2, 0.25) is 0 Å². The lowest BCUT2D eigenvalue weighted by molar-refractivity contribution is 0.620. The van der Waals surface area contributed by atoms with Gasteiger partial charge in [-0.05, 0) is 60.2 Å². The van der Waals surface area contributed by atoms with Crippen LogP contribution in [0, 0.1) is 0 Å². The van der Waals surface area contributed by atoms with Crippen molar-refractivity contribution in [1.29, 1.82) is 0 Å². The zero-order valence-electron chi connectivity index (χ0n) is 22.1. The van der Waals surface area contributed by atoms with E-state index in [0.717, 1.165) is 66.8 Å². The number of benzene rings is 6. The Labute approximate surface area is 236 Å². The fraction of sp³-hybridized carbons (Fsp3) is 0. The number of aromatic nitrogens is 1. The molecule has 0 aliphatic rings. The van der Waals surface area contributed by atoms with E-state index in [0.29, 0.717) is 5.89 Å². The van der Waals surface area contributed by atoms with E-state index in [1.54, 1.807) is 0 Å². The molecule has 0 saturated carbocycles. The van der Waals surface area contributed by atoms with Crippen LogP contribution in [-0.2, 0) is 0 Å². The molecular weight excluding hydrogens is 504 g/mol. The van der Waals surface area contributed by atoms with Gasteiger partial charge in [0.15, 0.2) is 5.58 Å². The van der Waals surface area contributed by atoms with Gasteiger partial charge in [0.25, 0.3) is 0 Å². The number of hydrogen-bond acceptors (Lipinski definition) is 4. The van der Waals surface area contributed by atoms with Crippen LogP contribution >= 0.6 is 0 Å². The summed E-state index contributed by atoms with van der Waals surface area (Å²) in [5, 5.41) is 2.02. The van der Waals surface area contributed by atoms with Gasteiger partial charge in [0.05, 0.1) is 5.69 Å². The number of nitrogens with zero attached hydrogens (tertiary/aromatic N) is 2. The Bertz CT molecular complexity index is 2130. The third-order valence-electron chi connectivity index (χ3n) is 7.51. The van der Waals surface area contributed by atoms with Crippen molar-refractivity contribution in [3.05, 3.63) is 146 Å². The van der Waals surface area contributed by atoms with Crippen LogP contribution in [0.1, 0.15) is 0 Å². The van der Waals surface area contributed by atoms with Crippen molar-refractivity contribution in [2.75, 3.05) is 4.90 Å². The molecule has 2 heterocycles. The fourth-order valence-corrected chi connectivity index (χ4v) is 5.65. The van der Waals surface area contributed by atoms with Gasteiger partial charge in [0.1, 0.15) is 16.7 Å². The molecule has 41 heavy (non-hydrogen) atoms. The lowest BCUT2D eigenvalue weighted by Gasteiger charge is -2.27. The smallest absolute Gasteiger partial charge is 0.228 e. The summed E-state index contributed by atoms with van der Waals surface area (Å²) in [5.41, 5.74) is 9.61. The summed E-state index contributed by atoms with van der Waals surface area (Å²) in [6.45, 7) is 0. The summed E-state index contributed by atoms with van der Waals surface area (Å²) in [6, 6.07) is 49.8. The first-order chi connectivity index (χ1) is 20.3. The first kappa shape index (κ1) is 23.3. The van der Waals surface area contributed by atoms with Gasteiger partial charge in [-0.25, -0.2) is 4.98 Å². The maximum absolute atomic E-state index is 6.47. The van der Waals surface area contributed by atoms with E-state index in [4.69, 9.17) is 13.8 Å². The minimum absolute atomic E-state index is 0.589. The molecule has 8 aromatic rings. The number of para-hydroxylation sites is 4. The Morgan fingerprint density at radius 2 is 1.20 bits per heavy atom. The molecule has 0 radical (unpaired) electrons. The van der Waals surface area contributed by atoms with Crippen molar-refractivity contribution in [2.24, 2.45) is 0 Å². The van der Waals surface area contributed by atoms with Crippen LogP contribution in [0.25, 0.3) is 55.6 Å². The van der Waals surface area contributed by atoms with Gasteiger partial charge in [-0.2, -0.15) is 0 Å². The largest absolute Gasteiger partial charge is 0.456 e. The molecule has 8 rings (SSSR count). The van der Waals surface area contributed by atoms with E-state index >= 15 is 0 Å². The molecule has 0 saturated heterocycles. The van der Waals surface area contributed by atoms with Crippen LogP contribution in [0.4, 0.5) is 17.1 Å². The Kier molecular flexibility index (Phi) is 5.42. The molecule has 0 fully saturated rings. The van der Waals surface area contributed by atoms with E-state index < -0.39 is 0 Å². The first-order valence-electron chi connectivity index (χ1n) is 13.6. The molecule has 0 spiro atoms. The molecule has 0 bridgehead atoms. The third kappa shape index (κ3) is 3.97. The minimum atomic E-state index is 0.589. The maximum Gasteiger partial charge on any atom is 0.228 e. The van der Waals surface area contributed by atoms with Crippen LogP contribution in [0.15, 0.2) is 154 Å². The van der Waals surface area contributed by atoms with Crippen molar-refractivity contribution in [3.8, 4) is 22.6 Å². The van der Waals surface area contributed by atoms with Gasteiger partial charge in [0.2, 0.25) is 5.89 Å². The van der Waals surface area contributed by atoms with Crippen molar-refractivity contribution < 1.29 is 8.83 Å². The zero-order chi connectivity index (χ0) is 27.2. The molecule has 0 N–H and O–H groups in total. The van der Waals surface area contributed by atoms with Crippen molar-refractivity contribution in [3.63, 3.8) is 0 Å². The van der Waals surface area contributed by atoms with Crippen molar-refractivity contribution in [1.82, 2.24) is 4.98 Å². The highest BCUT2D eigenvalue weighted by Gasteiger charge is 2.20. The van der Waals surface area contributed by atoms with Gasteiger partial charge in [-0.3, -0.25) is 0 Å². The van der Waals surface area contributed by atoms with Crippen LogP contribution in [-0.4, -0.2) is 4.98 Å². The average molecular weight is 529 g/mol. The predicted octanol–water partition coefficient (Wildman–Crippen LogP) is 10.5. The molecular formula is C37H24N2O2. The Hall–Kier alpha value is -5.61. The average Bonchev–Trinajstić information content (AvgIpc) is 3.64. The number of oxazole rings is 1. The second-order valence-corrected chi connectivity index (χ2v) is 10.0. The molecule has 6 aromatic carbocycles. The fourth-order valence-electron chi connectivity index (χ4n) is 5.65. The highest BCUT2D eigenvalue weighted by Crippen LogP contribution is 2.43. The SMILES string of the molecule is c1ccc(-c2ccccc2N(c2ccccc2)c2ccc3c(c2)oc2cccc(-c4nc5ccccc5o4)c23)cc1. The molecule has 0 unspecified atom stereocenters.